The highest BCUT2D eigenvalue weighted by atomic mass is 16.5. The van der Waals surface area contributed by atoms with Crippen LogP contribution in [0.15, 0.2) is 40.2 Å². The van der Waals surface area contributed by atoms with Crippen molar-refractivity contribution in [3.8, 4) is 5.75 Å². The van der Waals surface area contributed by atoms with E-state index < -0.39 is 0 Å². The molecule has 1 aromatic carbocycles. The topological polar surface area (TPSA) is 99.3 Å². The van der Waals surface area contributed by atoms with Crippen LogP contribution in [0.2, 0.25) is 0 Å². The van der Waals surface area contributed by atoms with Crippen molar-refractivity contribution in [2.45, 2.75) is 6.42 Å². The van der Waals surface area contributed by atoms with Gasteiger partial charge in [0.15, 0.2) is 0 Å². The van der Waals surface area contributed by atoms with Gasteiger partial charge in [0.1, 0.15) is 5.75 Å². The number of nitrogens with one attached hydrogen (secondary N) is 3. The van der Waals surface area contributed by atoms with Gasteiger partial charge in [-0.25, -0.2) is 5.43 Å². The molecule has 3 N–H and O–H groups in total. The lowest BCUT2D eigenvalue weighted by Gasteiger charge is -1.99. The number of nitrogens with zero attached hydrogens (tertiary/aromatic N) is 1. The van der Waals surface area contributed by atoms with Crippen LogP contribution < -0.4 is 15.7 Å². The minimum atomic E-state index is -0.315. The van der Waals surface area contributed by atoms with Crippen LogP contribution >= 0.6 is 0 Å². The summed E-state index contributed by atoms with van der Waals surface area (Å²) in [5, 5.41) is 8.78. The summed E-state index contributed by atoms with van der Waals surface area (Å²) in [6, 6.07) is 8.56. The maximum Gasteiger partial charge on any atom is 0.264 e. The Kier molecular flexibility index (Phi) is 4.33. The van der Waals surface area contributed by atoms with Crippen molar-refractivity contribution in [3.05, 3.63) is 51.9 Å². The molecule has 0 aliphatic carbocycles. The van der Waals surface area contributed by atoms with Gasteiger partial charge in [-0.15, -0.1) is 0 Å². The first-order valence-corrected chi connectivity index (χ1v) is 5.90. The maximum atomic E-state index is 11.5. The van der Waals surface area contributed by atoms with Crippen LogP contribution in [0.4, 0.5) is 0 Å². The van der Waals surface area contributed by atoms with Gasteiger partial charge < -0.3 is 9.84 Å². The quantitative estimate of drug-likeness (QED) is 0.543. The van der Waals surface area contributed by atoms with Crippen molar-refractivity contribution in [1.29, 1.82) is 0 Å². The van der Waals surface area contributed by atoms with E-state index in [0.717, 1.165) is 11.3 Å². The lowest BCUT2D eigenvalue weighted by Crippen LogP contribution is -2.20. The molecule has 20 heavy (non-hydrogen) atoms. The zero-order valence-electron chi connectivity index (χ0n) is 10.8. The molecule has 104 valence electrons. The minimum absolute atomic E-state index is 0.0543. The van der Waals surface area contributed by atoms with E-state index in [2.05, 4.69) is 20.7 Å². The molecule has 7 heteroatoms. The highest BCUT2D eigenvalue weighted by Gasteiger charge is 2.03. The first-order chi connectivity index (χ1) is 9.67. The number of carbonyl (C=O) groups is 1. The van der Waals surface area contributed by atoms with Gasteiger partial charge in [0.25, 0.3) is 5.56 Å². The summed E-state index contributed by atoms with van der Waals surface area (Å²) in [4.78, 5) is 22.4. The van der Waals surface area contributed by atoms with Crippen molar-refractivity contribution in [3.63, 3.8) is 0 Å². The highest BCUT2D eigenvalue weighted by Crippen LogP contribution is 2.09. The molecular formula is C13H14N4O3. The lowest BCUT2D eigenvalue weighted by molar-refractivity contribution is -0.120. The third kappa shape index (κ3) is 3.84. The number of H-pyrrole nitrogens is 2. The Bertz CT molecular complexity index is 655. The van der Waals surface area contributed by atoms with Gasteiger partial charge in [0, 0.05) is 11.8 Å². The van der Waals surface area contributed by atoms with Gasteiger partial charge in [-0.2, -0.15) is 5.10 Å². The summed E-state index contributed by atoms with van der Waals surface area (Å²) in [5.41, 5.74) is 3.45. The standard InChI is InChI=1S/C13H14N4O3/c1-20-11-4-2-9(3-5-11)8-14-16-12(18)6-10-7-13(19)17-15-10/h2-5,7-8H,6H2,1H3,(H,16,18)(H2,15,17,19). The number of methoxy groups -OCH3 is 1. The normalized spacial score (nSPS) is 10.7. The Morgan fingerprint density at radius 3 is 2.70 bits per heavy atom. The van der Waals surface area contributed by atoms with Gasteiger partial charge in [-0.1, -0.05) is 0 Å². The van der Waals surface area contributed by atoms with Gasteiger partial charge in [0.2, 0.25) is 5.91 Å². The molecule has 1 heterocycles. The van der Waals surface area contributed by atoms with Crippen LogP contribution in [-0.2, 0) is 11.2 Å². The monoisotopic (exact) mass is 274 g/mol. The SMILES string of the molecule is COc1ccc(C=NNC(=O)Cc2cc(=O)[nH][nH]2)cc1. The Balaban J connectivity index is 1.85. The van der Waals surface area contributed by atoms with Crippen LogP contribution in [0.1, 0.15) is 11.3 Å². The summed E-state index contributed by atoms with van der Waals surface area (Å²) < 4.78 is 5.03. The van der Waals surface area contributed by atoms with Crippen molar-refractivity contribution < 1.29 is 9.53 Å². The van der Waals surface area contributed by atoms with Crippen molar-refractivity contribution in [1.82, 2.24) is 15.6 Å². The second kappa shape index (κ2) is 6.37. The van der Waals surface area contributed by atoms with Crippen LogP contribution in [0.25, 0.3) is 0 Å². The number of aromatic nitrogens is 2. The lowest BCUT2D eigenvalue weighted by atomic mass is 10.2. The Morgan fingerprint density at radius 2 is 2.10 bits per heavy atom. The third-order valence-electron chi connectivity index (χ3n) is 2.52. The largest absolute Gasteiger partial charge is 0.497 e. The van der Waals surface area contributed by atoms with Gasteiger partial charge in [-0.3, -0.25) is 14.7 Å². The van der Waals surface area contributed by atoms with E-state index in [1.54, 1.807) is 19.2 Å². The summed E-state index contributed by atoms with van der Waals surface area (Å²) >= 11 is 0. The van der Waals surface area contributed by atoms with E-state index in [0.29, 0.717) is 5.69 Å². The number of benzene rings is 1. The van der Waals surface area contributed by atoms with Crippen LogP contribution in [0, 0.1) is 0 Å². The molecule has 0 aliphatic heterocycles. The zero-order valence-corrected chi connectivity index (χ0v) is 10.8. The molecule has 1 aromatic heterocycles. The molecule has 0 unspecified atom stereocenters. The number of rotatable bonds is 5. The van der Waals surface area contributed by atoms with Crippen molar-refractivity contribution in [2.75, 3.05) is 7.11 Å². The number of aromatic amines is 2. The first kappa shape index (κ1) is 13.6. The average Bonchev–Trinajstić information content (AvgIpc) is 2.85. The molecule has 0 spiro atoms. The molecule has 0 radical (unpaired) electrons. The number of hydrogen-bond acceptors (Lipinski definition) is 4. The molecule has 0 fully saturated rings. The van der Waals surface area contributed by atoms with E-state index in [9.17, 15) is 9.59 Å². The number of carbonyl (C=O) groups excluding carboxylic acids is 1. The van der Waals surface area contributed by atoms with E-state index in [1.165, 1.54) is 12.3 Å². The Hall–Kier alpha value is -2.83. The Labute approximate surface area is 114 Å². The van der Waals surface area contributed by atoms with Crippen molar-refractivity contribution in [2.24, 2.45) is 5.10 Å². The maximum absolute atomic E-state index is 11.5. The number of amides is 1. The van der Waals surface area contributed by atoms with E-state index in [4.69, 9.17) is 4.74 Å². The molecule has 0 bridgehead atoms. The second-order valence-electron chi connectivity index (χ2n) is 4.03. The second-order valence-corrected chi connectivity index (χ2v) is 4.03. The highest BCUT2D eigenvalue weighted by molar-refractivity contribution is 5.83. The summed E-state index contributed by atoms with van der Waals surface area (Å²) in [6.07, 6.45) is 1.58. The number of ether oxygens (including phenoxy) is 1. The predicted octanol–water partition coefficient (Wildman–Crippen LogP) is 0.404. The van der Waals surface area contributed by atoms with E-state index >= 15 is 0 Å². The fourth-order valence-electron chi connectivity index (χ4n) is 1.55. The fraction of sp³-hybridized carbons (Fsp3) is 0.154. The smallest absolute Gasteiger partial charge is 0.264 e. The van der Waals surface area contributed by atoms with Gasteiger partial charge >= 0.3 is 0 Å². The molecule has 0 aliphatic rings. The fourth-order valence-corrected chi connectivity index (χ4v) is 1.55. The molecule has 2 aromatic rings. The molecule has 0 atom stereocenters. The summed E-state index contributed by atoms with van der Waals surface area (Å²) in [5.74, 6) is 0.438. The summed E-state index contributed by atoms with van der Waals surface area (Å²) in [7, 11) is 1.59. The minimum Gasteiger partial charge on any atom is -0.497 e. The van der Waals surface area contributed by atoms with Gasteiger partial charge in [0.05, 0.1) is 19.7 Å². The van der Waals surface area contributed by atoms with Crippen LogP contribution in [0.3, 0.4) is 0 Å². The molecule has 0 saturated heterocycles. The van der Waals surface area contributed by atoms with E-state index in [1.807, 2.05) is 12.1 Å². The zero-order chi connectivity index (χ0) is 14.4. The summed E-state index contributed by atoms with van der Waals surface area (Å²) in [6.45, 7) is 0. The van der Waals surface area contributed by atoms with Crippen LogP contribution in [0.5, 0.6) is 5.75 Å². The third-order valence-corrected chi connectivity index (χ3v) is 2.52. The number of hydrazone groups is 1. The Morgan fingerprint density at radius 1 is 1.35 bits per heavy atom. The molecule has 7 nitrogen and oxygen atoms in total. The van der Waals surface area contributed by atoms with Gasteiger partial charge in [-0.05, 0) is 29.8 Å². The molecule has 1 amide bonds. The first-order valence-electron chi connectivity index (χ1n) is 5.90. The molecule has 0 saturated carbocycles. The predicted molar refractivity (Wildman–Crippen MR) is 73.8 cm³/mol. The van der Waals surface area contributed by atoms with E-state index in [-0.39, 0.29) is 17.9 Å². The van der Waals surface area contributed by atoms with Crippen molar-refractivity contribution >= 4 is 12.1 Å². The molecular weight excluding hydrogens is 260 g/mol. The number of hydrogen-bond donors (Lipinski definition) is 3. The molecule has 2 rings (SSSR count). The average molecular weight is 274 g/mol. The van der Waals surface area contributed by atoms with Crippen LogP contribution in [-0.4, -0.2) is 29.4 Å².